The van der Waals surface area contributed by atoms with E-state index >= 15 is 0 Å². The summed E-state index contributed by atoms with van der Waals surface area (Å²) >= 11 is 0. The van der Waals surface area contributed by atoms with E-state index in [2.05, 4.69) is 29.2 Å². The number of hydrogen-bond acceptors (Lipinski definition) is 2. The fraction of sp³-hybridized carbons (Fsp3) is 0.708. The van der Waals surface area contributed by atoms with Crippen LogP contribution in [-0.2, 0) is 16.1 Å². The highest BCUT2D eigenvalue weighted by Gasteiger charge is 2.55. The van der Waals surface area contributed by atoms with Crippen molar-refractivity contribution in [2.24, 2.45) is 29.1 Å². The van der Waals surface area contributed by atoms with E-state index in [4.69, 9.17) is 4.74 Å². The number of nitrogens with zero attached hydrogens (tertiary/aromatic N) is 1. The molecule has 3 nitrogen and oxygen atoms in total. The van der Waals surface area contributed by atoms with Crippen molar-refractivity contribution in [2.45, 2.75) is 58.0 Å². The molecule has 146 valence electrons. The molecule has 0 N–H and O–H groups in total. The minimum absolute atomic E-state index is 0.0331. The Morgan fingerprint density at radius 3 is 2.15 bits per heavy atom. The highest BCUT2D eigenvalue weighted by Crippen LogP contribution is 2.60. The van der Waals surface area contributed by atoms with Gasteiger partial charge in [-0.1, -0.05) is 30.3 Å². The first-order valence-corrected chi connectivity index (χ1v) is 11.1. The second kappa shape index (κ2) is 7.24. The maximum Gasteiger partial charge on any atom is 0.228 e. The van der Waals surface area contributed by atoms with Gasteiger partial charge in [0.25, 0.3) is 0 Å². The van der Waals surface area contributed by atoms with Crippen molar-refractivity contribution < 1.29 is 9.53 Å². The molecule has 0 aromatic heterocycles. The lowest BCUT2D eigenvalue weighted by Gasteiger charge is -2.57. The fourth-order valence-electron chi connectivity index (χ4n) is 6.93. The molecule has 3 heteroatoms. The van der Waals surface area contributed by atoms with Gasteiger partial charge < -0.3 is 9.64 Å². The SMILES string of the molecule is O=C(N1CCC(COCc2ccccc2)CC1)C12CC3CC(CC(C3)C1)C2. The largest absolute Gasteiger partial charge is 0.376 e. The van der Waals surface area contributed by atoms with Gasteiger partial charge in [0.05, 0.1) is 12.0 Å². The molecule has 4 bridgehead atoms. The number of ether oxygens (including phenoxy) is 1. The van der Waals surface area contributed by atoms with E-state index in [0.717, 1.165) is 50.3 Å². The number of likely N-dealkylation sites (tertiary alicyclic amines) is 1. The van der Waals surface area contributed by atoms with Crippen molar-refractivity contribution in [2.75, 3.05) is 19.7 Å². The maximum absolute atomic E-state index is 13.5. The summed E-state index contributed by atoms with van der Waals surface area (Å²) in [6.45, 7) is 3.42. The number of piperidine rings is 1. The van der Waals surface area contributed by atoms with E-state index in [9.17, 15) is 4.79 Å². The molecule has 0 atom stereocenters. The highest BCUT2D eigenvalue weighted by atomic mass is 16.5. The summed E-state index contributed by atoms with van der Waals surface area (Å²) in [5.41, 5.74) is 1.28. The van der Waals surface area contributed by atoms with Gasteiger partial charge in [0, 0.05) is 19.7 Å². The van der Waals surface area contributed by atoms with Gasteiger partial charge in [-0.05, 0) is 80.6 Å². The van der Waals surface area contributed by atoms with Gasteiger partial charge in [0.1, 0.15) is 0 Å². The molecule has 27 heavy (non-hydrogen) atoms. The Balaban J connectivity index is 1.11. The third-order valence-corrected chi connectivity index (χ3v) is 7.86. The molecule has 0 spiro atoms. The third kappa shape index (κ3) is 3.55. The smallest absolute Gasteiger partial charge is 0.228 e. The van der Waals surface area contributed by atoms with Crippen LogP contribution in [0.2, 0.25) is 0 Å². The van der Waals surface area contributed by atoms with Crippen LogP contribution in [0.25, 0.3) is 0 Å². The lowest BCUT2D eigenvalue weighted by molar-refractivity contribution is -0.159. The van der Waals surface area contributed by atoms with Gasteiger partial charge in [0.2, 0.25) is 5.91 Å². The Kier molecular flexibility index (Phi) is 4.75. The number of rotatable bonds is 5. The van der Waals surface area contributed by atoms with E-state index in [1.807, 2.05) is 6.07 Å². The summed E-state index contributed by atoms with van der Waals surface area (Å²) in [5, 5.41) is 0. The Hall–Kier alpha value is -1.35. The van der Waals surface area contributed by atoms with E-state index < -0.39 is 0 Å². The Morgan fingerprint density at radius 1 is 0.963 bits per heavy atom. The quantitative estimate of drug-likeness (QED) is 0.758. The molecule has 0 radical (unpaired) electrons. The standard InChI is InChI=1S/C24H33NO2/c26-23(24-13-20-10-21(14-24)12-22(11-20)15-24)25-8-6-19(7-9-25)17-27-16-18-4-2-1-3-5-18/h1-5,19-22H,6-17H2. The molecule has 4 aliphatic carbocycles. The molecule has 1 amide bonds. The Morgan fingerprint density at radius 2 is 1.56 bits per heavy atom. The molecular weight excluding hydrogens is 334 g/mol. The third-order valence-electron chi connectivity index (χ3n) is 7.86. The molecule has 1 heterocycles. The van der Waals surface area contributed by atoms with Gasteiger partial charge >= 0.3 is 0 Å². The van der Waals surface area contributed by atoms with Gasteiger partial charge in [-0.15, -0.1) is 0 Å². The second-order valence-electron chi connectivity index (χ2n) is 9.93. The molecule has 1 aromatic rings. The zero-order chi connectivity index (χ0) is 18.3. The summed E-state index contributed by atoms with van der Waals surface area (Å²) in [6, 6.07) is 10.4. The van der Waals surface area contributed by atoms with Crippen molar-refractivity contribution in [1.82, 2.24) is 4.90 Å². The minimum atomic E-state index is 0.0331. The van der Waals surface area contributed by atoms with Crippen LogP contribution < -0.4 is 0 Å². The zero-order valence-electron chi connectivity index (χ0n) is 16.4. The van der Waals surface area contributed by atoms with Crippen LogP contribution >= 0.6 is 0 Å². The average Bonchev–Trinajstić information content (AvgIpc) is 2.68. The summed E-state index contributed by atoms with van der Waals surface area (Å²) in [4.78, 5) is 15.7. The van der Waals surface area contributed by atoms with Crippen molar-refractivity contribution in [1.29, 1.82) is 0 Å². The number of benzene rings is 1. The van der Waals surface area contributed by atoms with Crippen molar-refractivity contribution >= 4 is 5.91 Å². The number of amides is 1. The molecule has 1 aliphatic heterocycles. The normalized spacial score (nSPS) is 35.6. The minimum Gasteiger partial charge on any atom is -0.376 e. The van der Waals surface area contributed by atoms with Crippen molar-refractivity contribution in [3.63, 3.8) is 0 Å². The molecule has 4 saturated carbocycles. The maximum atomic E-state index is 13.5. The van der Waals surface area contributed by atoms with Gasteiger partial charge in [-0.2, -0.15) is 0 Å². The summed E-state index contributed by atoms with van der Waals surface area (Å²) in [7, 11) is 0. The molecule has 5 aliphatic rings. The number of carbonyl (C=O) groups excluding carboxylic acids is 1. The van der Waals surface area contributed by atoms with E-state index in [1.165, 1.54) is 44.1 Å². The van der Waals surface area contributed by atoms with Crippen LogP contribution in [0.15, 0.2) is 30.3 Å². The first kappa shape index (κ1) is 17.7. The highest BCUT2D eigenvalue weighted by molar-refractivity contribution is 5.83. The molecular formula is C24H33NO2. The lowest BCUT2D eigenvalue weighted by atomic mass is 9.49. The fourth-order valence-corrected chi connectivity index (χ4v) is 6.93. The molecule has 5 fully saturated rings. The number of carbonyl (C=O) groups is 1. The average molecular weight is 368 g/mol. The van der Waals surface area contributed by atoms with E-state index in [0.29, 0.717) is 18.4 Å². The molecule has 1 aromatic carbocycles. The summed E-state index contributed by atoms with van der Waals surface area (Å²) < 4.78 is 5.95. The monoisotopic (exact) mass is 367 g/mol. The molecule has 0 unspecified atom stereocenters. The van der Waals surface area contributed by atoms with Crippen LogP contribution in [0.4, 0.5) is 0 Å². The van der Waals surface area contributed by atoms with Crippen molar-refractivity contribution in [3.8, 4) is 0 Å². The zero-order valence-corrected chi connectivity index (χ0v) is 16.4. The Bertz CT molecular complexity index is 627. The predicted octanol–water partition coefficient (Wildman–Crippen LogP) is 4.66. The van der Waals surface area contributed by atoms with Crippen LogP contribution in [0.1, 0.15) is 56.9 Å². The van der Waals surface area contributed by atoms with Gasteiger partial charge in [-0.25, -0.2) is 0 Å². The lowest BCUT2D eigenvalue weighted by Crippen LogP contribution is -2.55. The van der Waals surface area contributed by atoms with Crippen LogP contribution in [0.5, 0.6) is 0 Å². The van der Waals surface area contributed by atoms with Crippen LogP contribution in [0, 0.1) is 29.1 Å². The first-order valence-electron chi connectivity index (χ1n) is 11.1. The second-order valence-corrected chi connectivity index (χ2v) is 9.93. The predicted molar refractivity (Wildman–Crippen MR) is 106 cm³/mol. The topological polar surface area (TPSA) is 29.5 Å². The number of hydrogen-bond donors (Lipinski definition) is 0. The summed E-state index contributed by atoms with van der Waals surface area (Å²) in [5.74, 6) is 3.68. The van der Waals surface area contributed by atoms with E-state index in [-0.39, 0.29) is 5.41 Å². The Labute approximate surface area is 163 Å². The van der Waals surface area contributed by atoms with Crippen LogP contribution in [-0.4, -0.2) is 30.5 Å². The van der Waals surface area contributed by atoms with Crippen LogP contribution in [0.3, 0.4) is 0 Å². The summed E-state index contributed by atoms with van der Waals surface area (Å²) in [6.07, 6.45) is 10.0. The molecule has 1 saturated heterocycles. The van der Waals surface area contributed by atoms with Gasteiger partial charge in [0.15, 0.2) is 0 Å². The van der Waals surface area contributed by atoms with Gasteiger partial charge in [-0.3, -0.25) is 4.79 Å². The van der Waals surface area contributed by atoms with Crippen molar-refractivity contribution in [3.05, 3.63) is 35.9 Å². The van der Waals surface area contributed by atoms with E-state index in [1.54, 1.807) is 0 Å². The first-order chi connectivity index (χ1) is 13.2. The molecule has 6 rings (SSSR count).